The van der Waals surface area contributed by atoms with Crippen LogP contribution in [0.2, 0.25) is 0 Å². The van der Waals surface area contributed by atoms with E-state index in [1.54, 1.807) is 31.4 Å². The molecule has 0 aliphatic heterocycles. The molecule has 8 heteroatoms. The van der Waals surface area contributed by atoms with Crippen LogP contribution < -0.4 is 9.54 Å². The van der Waals surface area contributed by atoms with Gasteiger partial charge in [-0.1, -0.05) is 42.1 Å². The van der Waals surface area contributed by atoms with Gasteiger partial charge in [0.2, 0.25) is 0 Å². The van der Waals surface area contributed by atoms with Gasteiger partial charge >= 0.3 is 0 Å². The van der Waals surface area contributed by atoms with Gasteiger partial charge in [-0.2, -0.15) is 8.78 Å². The SMILES string of the molecule is COc1ccc(Cn2c(-c3cc4ccccc4o3)csc2=Nc2ccc(SC(F)F)cc2)cc1. The van der Waals surface area contributed by atoms with Gasteiger partial charge in [-0.3, -0.25) is 0 Å². The van der Waals surface area contributed by atoms with Crippen LogP contribution in [0, 0.1) is 0 Å². The maximum absolute atomic E-state index is 12.6. The van der Waals surface area contributed by atoms with E-state index in [4.69, 9.17) is 14.1 Å². The van der Waals surface area contributed by atoms with Gasteiger partial charge in [0.05, 0.1) is 25.0 Å². The predicted molar refractivity (Wildman–Crippen MR) is 133 cm³/mol. The van der Waals surface area contributed by atoms with E-state index < -0.39 is 5.76 Å². The summed E-state index contributed by atoms with van der Waals surface area (Å²) < 4.78 is 38.8. The van der Waals surface area contributed by atoms with Gasteiger partial charge in [0, 0.05) is 15.7 Å². The lowest BCUT2D eigenvalue weighted by atomic mass is 10.2. The molecule has 0 unspecified atom stereocenters. The molecule has 0 aliphatic rings. The fourth-order valence-electron chi connectivity index (χ4n) is 3.60. The second-order valence-corrected chi connectivity index (χ2v) is 9.37. The number of methoxy groups -OCH3 is 1. The number of para-hydroxylation sites is 1. The lowest BCUT2D eigenvalue weighted by molar-refractivity contribution is 0.252. The standard InChI is InChI=1S/C26H20F2N2O2S2/c1-31-20-10-6-17(7-11-20)15-30-22(24-14-18-4-2-3-5-23(18)32-24)16-33-26(30)29-19-8-12-21(13-9-19)34-25(27)28/h2-14,16,25H,15H2,1H3. The van der Waals surface area contributed by atoms with E-state index in [0.29, 0.717) is 28.9 Å². The molecule has 0 radical (unpaired) electrons. The fraction of sp³-hybridized carbons (Fsp3) is 0.115. The summed E-state index contributed by atoms with van der Waals surface area (Å²) in [7, 11) is 1.64. The van der Waals surface area contributed by atoms with Crippen LogP contribution >= 0.6 is 23.1 Å². The van der Waals surface area contributed by atoms with E-state index in [1.165, 1.54) is 11.3 Å². The van der Waals surface area contributed by atoms with Gasteiger partial charge in [-0.25, -0.2) is 4.99 Å². The minimum Gasteiger partial charge on any atom is -0.497 e. The molecule has 4 nitrogen and oxygen atoms in total. The van der Waals surface area contributed by atoms with Gasteiger partial charge in [-0.15, -0.1) is 11.3 Å². The molecule has 0 bridgehead atoms. The highest BCUT2D eigenvalue weighted by molar-refractivity contribution is 7.99. The third kappa shape index (κ3) is 4.93. The van der Waals surface area contributed by atoms with E-state index in [2.05, 4.69) is 4.57 Å². The van der Waals surface area contributed by atoms with E-state index in [0.717, 1.165) is 38.5 Å². The largest absolute Gasteiger partial charge is 0.497 e. The zero-order valence-electron chi connectivity index (χ0n) is 18.2. The molecule has 0 saturated heterocycles. The number of thioether (sulfide) groups is 1. The van der Waals surface area contributed by atoms with Crippen molar-refractivity contribution in [3.8, 4) is 17.2 Å². The predicted octanol–water partition coefficient (Wildman–Crippen LogP) is 7.57. The first kappa shape index (κ1) is 22.4. The van der Waals surface area contributed by atoms with Crippen molar-refractivity contribution in [1.29, 1.82) is 0 Å². The number of furan rings is 1. The van der Waals surface area contributed by atoms with Crippen LogP contribution in [0.5, 0.6) is 5.75 Å². The maximum atomic E-state index is 12.6. The van der Waals surface area contributed by atoms with Gasteiger partial charge in [-0.05, 0) is 54.1 Å². The van der Waals surface area contributed by atoms with E-state index in [1.807, 2.05) is 60.0 Å². The fourth-order valence-corrected chi connectivity index (χ4v) is 5.01. The molecular weight excluding hydrogens is 474 g/mol. The van der Waals surface area contributed by atoms with E-state index >= 15 is 0 Å². The lowest BCUT2D eigenvalue weighted by Gasteiger charge is -2.09. The normalized spacial score (nSPS) is 12.1. The third-order valence-electron chi connectivity index (χ3n) is 5.26. The number of fused-ring (bicyclic) bond motifs is 1. The lowest BCUT2D eigenvalue weighted by Crippen LogP contribution is -2.16. The second kappa shape index (κ2) is 9.87. The average molecular weight is 495 g/mol. The van der Waals surface area contributed by atoms with Crippen molar-refractivity contribution < 1.29 is 17.9 Å². The molecule has 3 aromatic carbocycles. The molecule has 0 saturated carbocycles. The van der Waals surface area contributed by atoms with E-state index in [9.17, 15) is 8.78 Å². The Labute approximate surface area is 203 Å². The molecule has 172 valence electrons. The van der Waals surface area contributed by atoms with Crippen LogP contribution in [0.25, 0.3) is 22.4 Å². The number of benzene rings is 3. The first-order chi connectivity index (χ1) is 16.6. The highest BCUT2D eigenvalue weighted by Gasteiger charge is 2.14. The Morgan fingerprint density at radius 3 is 2.50 bits per heavy atom. The summed E-state index contributed by atoms with van der Waals surface area (Å²) in [5.74, 6) is -0.891. The topological polar surface area (TPSA) is 39.7 Å². The minimum absolute atomic E-state index is 0.509. The monoisotopic (exact) mass is 494 g/mol. The summed E-state index contributed by atoms with van der Waals surface area (Å²) in [6.07, 6.45) is 0. The summed E-state index contributed by atoms with van der Waals surface area (Å²) in [6.45, 7) is 0.581. The molecule has 0 N–H and O–H groups in total. The molecule has 34 heavy (non-hydrogen) atoms. The summed E-state index contributed by atoms with van der Waals surface area (Å²) in [5.41, 5.74) is 3.52. The second-order valence-electron chi connectivity index (χ2n) is 7.47. The molecule has 0 spiro atoms. The van der Waals surface area contributed by atoms with Gasteiger partial charge < -0.3 is 13.7 Å². The first-order valence-corrected chi connectivity index (χ1v) is 12.2. The van der Waals surface area contributed by atoms with Gasteiger partial charge in [0.15, 0.2) is 10.6 Å². The summed E-state index contributed by atoms with van der Waals surface area (Å²) >= 11 is 2.03. The van der Waals surface area contributed by atoms with Crippen LogP contribution in [0.15, 0.2) is 98.5 Å². The Bertz CT molecular complexity index is 1440. The first-order valence-electron chi connectivity index (χ1n) is 10.5. The third-order valence-corrected chi connectivity index (χ3v) is 6.85. The van der Waals surface area contributed by atoms with Crippen LogP contribution in [0.3, 0.4) is 0 Å². The number of hydrogen-bond donors (Lipinski definition) is 0. The number of nitrogens with zero attached hydrogens (tertiary/aromatic N) is 2. The van der Waals surface area contributed by atoms with Gasteiger partial charge in [0.1, 0.15) is 11.3 Å². The Morgan fingerprint density at radius 1 is 1.03 bits per heavy atom. The number of ether oxygens (including phenoxy) is 1. The van der Waals surface area contributed by atoms with Crippen molar-refractivity contribution in [2.75, 3.05) is 7.11 Å². The Hall–Kier alpha value is -3.36. The zero-order chi connectivity index (χ0) is 23.5. The highest BCUT2D eigenvalue weighted by Crippen LogP contribution is 2.30. The Balaban J connectivity index is 1.57. The van der Waals surface area contributed by atoms with Crippen LogP contribution in [-0.2, 0) is 6.54 Å². The van der Waals surface area contributed by atoms with Gasteiger partial charge in [0.25, 0.3) is 5.76 Å². The Morgan fingerprint density at radius 2 is 1.79 bits per heavy atom. The van der Waals surface area contributed by atoms with Crippen LogP contribution in [-0.4, -0.2) is 17.4 Å². The van der Waals surface area contributed by atoms with Crippen molar-refractivity contribution >= 4 is 39.8 Å². The summed E-state index contributed by atoms with van der Waals surface area (Å²) in [4.78, 5) is 6.10. The minimum atomic E-state index is -2.45. The summed E-state index contributed by atoms with van der Waals surface area (Å²) in [6, 6.07) is 24.7. The van der Waals surface area contributed by atoms with E-state index in [-0.39, 0.29) is 0 Å². The molecule has 5 aromatic rings. The summed E-state index contributed by atoms with van der Waals surface area (Å²) in [5, 5.41) is 3.06. The molecule has 0 fully saturated rings. The molecule has 0 atom stereocenters. The van der Waals surface area contributed by atoms with Crippen molar-refractivity contribution in [2.24, 2.45) is 4.99 Å². The number of halogens is 2. The molecule has 5 rings (SSSR count). The highest BCUT2D eigenvalue weighted by atomic mass is 32.2. The van der Waals surface area contributed by atoms with Crippen molar-refractivity contribution in [1.82, 2.24) is 4.57 Å². The average Bonchev–Trinajstić information content (AvgIpc) is 3.44. The van der Waals surface area contributed by atoms with Crippen molar-refractivity contribution in [2.45, 2.75) is 17.2 Å². The molecule has 0 aliphatic carbocycles. The van der Waals surface area contributed by atoms with Crippen molar-refractivity contribution in [3.63, 3.8) is 0 Å². The molecular formula is C26H20F2N2O2S2. The Kier molecular flexibility index (Phi) is 6.51. The number of alkyl halides is 2. The number of aromatic nitrogens is 1. The maximum Gasteiger partial charge on any atom is 0.288 e. The number of hydrogen-bond acceptors (Lipinski definition) is 5. The number of thiazole rings is 1. The molecule has 0 amide bonds. The van der Waals surface area contributed by atoms with Crippen LogP contribution in [0.1, 0.15) is 5.56 Å². The smallest absolute Gasteiger partial charge is 0.288 e. The molecule has 2 heterocycles. The quantitative estimate of drug-likeness (QED) is 0.219. The zero-order valence-corrected chi connectivity index (χ0v) is 19.8. The van der Waals surface area contributed by atoms with Crippen LogP contribution in [0.4, 0.5) is 14.5 Å². The number of rotatable bonds is 7. The van der Waals surface area contributed by atoms with Crippen molar-refractivity contribution in [3.05, 3.63) is 94.6 Å². The molecule has 2 aromatic heterocycles.